The van der Waals surface area contributed by atoms with Crippen LogP contribution in [0.25, 0.3) is 0 Å². The van der Waals surface area contributed by atoms with Crippen molar-refractivity contribution in [2.75, 3.05) is 26.2 Å². The summed E-state index contributed by atoms with van der Waals surface area (Å²) in [6, 6.07) is -0.372. The Hall–Kier alpha value is -0.850. The van der Waals surface area contributed by atoms with E-state index in [-0.39, 0.29) is 42.9 Å². The van der Waals surface area contributed by atoms with Crippen molar-refractivity contribution >= 4 is 24.2 Å². The molecule has 0 aliphatic carbocycles. The summed E-state index contributed by atoms with van der Waals surface area (Å²) < 4.78 is 5.36. The Balaban J connectivity index is 0.00000289. The molecule has 1 heterocycles. The minimum Gasteiger partial charge on any atom is -0.375 e. The van der Waals surface area contributed by atoms with Gasteiger partial charge < -0.3 is 20.7 Å². The highest BCUT2D eigenvalue weighted by Gasteiger charge is 2.28. The average Bonchev–Trinajstić information content (AvgIpc) is 2.34. The van der Waals surface area contributed by atoms with Gasteiger partial charge in [0.25, 0.3) is 0 Å². The van der Waals surface area contributed by atoms with E-state index in [1.807, 2.05) is 13.8 Å². The number of hydrogen-bond acceptors (Lipinski definition) is 4. The zero-order chi connectivity index (χ0) is 12.7. The molecule has 7 heteroatoms. The highest BCUT2D eigenvalue weighted by molar-refractivity contribution is 5.87. The highest BCUT2D eigenvalue weighted by atomic mass is 35.5. The first-order valence-electron chi connectivity index (χ1n) is 6.04. The Labute approximate surface area is 114 Å². The van der Waals surface area contributed by atoms with Crippen LogP contribution in [0.1, 0.15) is 20.3 Å². The van der Waals surface area contributed by atoms with Gasteiger partial charge in [0.05, 0.1) is 19.3 Å². The maximum Gasteiger partial charge on any atom is 0.240 e. The van der Waals surface area contributed by atoms with E-state index in [0.29, 0.717) is 19.7 Å². The van der Waals surface area contributed by atoms with E-state index in [1.54, 1.807) is 0 Å². The zero-order valence-corrected chi connectivity index (χ0v) is 11.6. The first-order valence-corrected chi connectivity index (χ1v) is 6.04. The summed E-state index contributed by atoms with van der Waals surface area (Å²) >= 11 is 0. The van der Waals surface area contributed by atoms with Gasteiger partial charge in [-0.3, -0.25) is 9.59 Å². The predicted octanol–water partition coefficient (Wildman–Crippen LogP) is -0.572. The van der Waals surface area contributed by atoms with Gasteiger partial charge in [-0.2, -0.15) is 0 Å². The topological polar surface area (TPSA) is 79.5 Å². The van der Waals surface area contributed by atoms with Gasteiger partial charge in [-0.25, -0.2) is 0 Å². The number of halogens is 1. The van der Waals surface area contributed by atoms with Crippen molar-refractivity contribution in [3.8, 4) is 0 Å². The molecule has 2 atom stereocenters. The van der Waals surface area contributed by atoms with Crippen LogP contribution in [0.3, 0.4) is 0 Å². The molecular formula is C11H22ClN3O3. The lowest BCUT2D eigenvalue weighted by Crippen LogP contribution is -2.56. The second kappa shape index (κ2) is 9.13. The summed E-state index contributed by atoms with van der Waals surface area (Å²) in [5, 5.41) is 8.36. The SMILES string of the molecule is CCCNC(=O)CNC(=O)[C@H]1NCCO[C@@H]1C.Cl. The van der Waals surface area contributed by atoms with Crippen LogP contribution in [0.15, 0.2) is 0 Å². The molecule has 0 unspecified atom stereocenters. The molecule has 0 aromatic carbocycles. The first kappa shape index (κ1) is 17.2. The van der Waals surface area contributed by atoms with E-state index >= 15 is 0 Å². The van der Waals surface area contributed by atoms with Crippen LogP contribution in [0, 0.1) is 0 Å². The van der Waals surface area contributed by atoms with E-state index in [9.17, 15) is 9.59 Å². The number of carbonyl (C=O) groups is 2. The lowest BCUT2D eigenvalue weighted by atomic mass is 10.1. The number of nitrogens with one attached hydrogen (secondary N) is 3. The van der Waals surface area contributed by atoms with Crippen LogP contribution >= 0.6 is 12.4 Å². The molecule has 3 N–H and O–H groups in total. The van der Waals surface area contributed by atoms with Crippen molar-refractivity contribution in [3.05, 3.63) is 0 Å². The van der Waals surface area contributed by atoms with Crippen LogP contribution in [0.4, 0.5) is 0 Å². The second-order valence-corrected chi connectivity index (χ2v) is 4.08. The second-order valence-electron chi connectivity index (χ2n) is 4.08. The molecule has 2 amide bonds. The molecule has 6 nitrogen and oxygen atoms in total. The van der Waals surface area contributed by atoms with Crippen LogP contribution in [0.5, 0.6) is 0 Å². The number of ether oxygens (including phenoxy) is 1. The standard InChI is InChI=1S/C11H21N3O3.ClH/c1-3-4-12-9(15)7-14-11(16)10-8(2)17-6-5-13-10;/h8,10,13H,3-7H2,1-2H3,(H,12,15)(H,14,16);1H/t8-,10+;/m1./s1. The van der Waals surface area contributed by atoms with Gasteiger partial charge in [-0.15, -0.1) is 12.4 Å². The predicted molar refractivity (Wildman–Crippen MR) is 70.8 cm³/mol. The molecule has 1 rings (SSSR count). The molecule has 1 aliphatic heterocycles. The van der Waals surface area contributed by atoms with E-state index in [2.05, 4.69) is 16.0 Å². The molecule has 106 valence electrons. The fraction of sp³-hybridized carbons (Fsp3) is 0.818. The molecule has 1 saturated heterocycles. The molecule has 1 aliphatic rings. The van der Waals surface area contributed by atoms with Gasteiger partial charge >= 0.3 is 0 Å². The van der Waals surface area contributed by atoms with E-state index in [4.69, 9.17) is 4.74 Å². The Morgan fingerprint density at radius 2 is 2.11 bits per heavy atom. The third kappa shape index (κ3) is 5.66. The maximum absolute atomic E-state index is 11.8. The Kier molecular flexibility index (Phi) is 8.70. The van der Waals surface area contributed by atoms with Gasteiger partial charge in [0.1, 0.15) is 6.04 Å². The average molecular weight is 280 g/mol. The van der Waals surface area contributed by atoms with Crippen LogP contribution in [-0.2, 0) is 14.3 Å². The van der Waals surface area contributed by atoms with Gasteiger partial charge in [0.2, 0.25) is 11.8 Å². The van der Waals surface area contributed by atoms with E-state index in [1.165, 1.54) is 0 Å². The number of hydrogen-bond donors (Lipinski definition) is 3. The number of rotatable bonds is 5. The summed E-state index contributed by atoms with van der Waals surface area (Å²) in [5.74, 6) is -0.353. The molecule has 0 saturated carbocycles. The highest BCUT2D eigenvalue weighted by Crippen LogP contribution is 2.03. The summed E-state index contributed by atoms with van der Waals surface area (Å²) in [6.07, 6.45) is 0.719. The minimum absolute atomic E-state index is 0. The van der Waals surface area contributed by atoms with Crippen molar-refractivity contribution in [2.24, 2.45) is 0 Å². The van der Waals surface area contributed by atoms with Crippen molar-refractivity contribution in [3.63, 3.8) is 0 Å². The lowest BCUT2D eigenvalue weighted by Gasteiger charge is -2.29. The summed E-state index contributed by atoms with van der Waals surface area (Å²) in [6.45, 7) is 5.74. The molecule has 18 heavy (non-hydrogen) atoms. The Bertz CT molecular complexity index is 276. The fourth-order valence-electron chi connectivity index (χ4n) is 1.63. The van der Waals surface area contributed by atoms with Gasteiger partial charge in [0.15, 0.2) is 0 Å². The molecule has 1 fully saturated rings. The lowest BCUT2D eigenvalue weighted by molar-refractivity contribution is -0.131. The number of amides is 2. The Morgan fingerprint density at radius 1 is 1.39 bits per heavy atom. The number of carbonyl (C=O) groups excluding carboxylic acids is 2. The molecule has 0 bridgehead atoms. The molecule has 0 aromatic rings. The van der Waals surface area contributed by atoms with E-state index < -0.39 is 0 Å². The van der Waals surface area contributed by atoms with Crippen molar-refractivity contribution in [2.45, 2.75) is 32.4 Å². The third-order valence-electron chi connectivity index (χ3n) is 2.59. The van der Waals surface area contributed by atoms with Crippen LogP contribution < -0.4 is 16.0 Å². The number of morpholine rings is 1. The summed E-state index contributed by atoms with van der Waals surface area (Å²) in [5.41, 5.74) is 0. The summed E-state index contributed by atoms with van der Waals surface area (Å²) in [7, 11) is 0. The molecule has 0 aromatic heterocycles. The van der Waals surface area contributed by atoms with Crippen LogP contribution in [0.2, 0.25) is 0 Å². The maximum atomic E-state index is 11.8. The third-order valence-corrected chi connectivity index (χ3v) is 2.59. The largest absolute Gasteiger partial charge is 0.375 e. The zero-order valence-electron chi connectivity index (χ0n) is 10.8. The van der Waals surface area contributed by atoms with Gasteiger partial charge in [-0.1, -0.05) is 6.92 Å². The first-order chi connectivity index (χ1) is 8.15. The van der Waals surface area contributed by atoms with Crippen molar-refractivity contribution in [1.29, 1.82) is 0 Å². The van der Waals surface area contributed by atoms with Crippen molar-refractivity contribution < 1.29 is 14.3 Å². The van der Waals surface area contributed by atoms with Gasteiger partial charge in [0, 0.05) is 13.1 Å². The molecule has 0 radical (unpaired) electrons. The Morgan fingerprint density at radius 3 is 2.72 bits per heavy atom. The monoisotopic (exact) mass is 279 g/mol. The van der Waals surface area contributed by atoms with Crippen molar-refractivity contribution in [1.82, 2.24) is 16.0 Å². The quantitative estimate of drug-likeness (QED) is 0.630. The minimum atomic E-state index is -0.372. The summed E-state index contributed by atoms with van der Waals surface area (Å²) in [4.78, 5) is 23.0. The normalized spacial score (nSPS) is 22.8. The smallest absolute Gasteiger partial charge is 0.240 e. The molecule has 0 spiro atoms. The van der Waals surface area contributed by atoms with Gasteiger partial charge in [-0.05, 0) is 13.3 Å². The fourth-order valence-corrected chi connectivity index (χ4v) is 1.63. The molecular weight excluding hydrogens is 258 g/mol. The van der Waals surface area contributed by atoms with Crippen LogP contribution in [-0.4, -0.2) is 50.2 Å². The van der Waals surface area contributed by atoms with E-state index in [0.717, 1.165) is 6.42 Å².